The van der Waals surface area contributed by atoms with Crippen LogP contribution in [0, 0.1) is 0 Å². The average molecular weight is 633 g/mol. The molecule has 2 nitrogen and oxygen atoms in total. The monoisotopic (exact) mass is 634 g/mol. The summed E-state index contributed by atoms with van der Waals surface area (Å²) < 4.78 is 3.45. The molecule has 6 rings (SSSR count). The van der Waals surface area contributed by atoms with E-state index >= 15 is 0 Å². The van der Waals surface area contributed by atoms with Gasteiger partial charge in [-0.25, -0.2) is 0 Å². The first-order valence-corrected chi connectivity index (χ1v) is 23.8. The van der Waals surface area contributed by atoms with Crippen molar-refractivity contribution in [2.24, 2.45) is 0 Å². The Morgan fingerprint density at radius 3 is 1.23 bits per heavy atom. The van der Waals surface area contributed by atoms with E-state index in [9.17, 15) is 9.59 Å². The van der Waals surface area contributed by atoms with Crippen LogP contribution in [0.1, 0.15) is 20.7 Å². The zero-order valence-electron chi connectivity index (χ0n) is 22.3. The van der Waals surface area contributed by atoms with E-state index < -0.39 is 18.4 Å². The van der Waals surface area contributed by atoms with Gasteiger partial charge in [-0.1, -0.05) is 84.9 Å². The van der Waals surface area contributed by atoms with Gasteiger partial charge in [0, 0.05) is 31.3 Å². The summed E-state index contributed by atoms with van der Waals surface area (Å²) in [6.45, 7) is 0. The normalized spacial score (nSPS) is 11.2. The molecule has 0 atom stereocenters. The van der Waals surface area contributed by atoms with Crippen molar-refractivity contribution in [3.8, 4) is 22.3 Å². The number of thiophene rings is 1. The van der Waals surface area contributed by atoms with Crippen molar-refractivity contribution in [2.75, 3.05) is 0 Å². The summed E-state index contributed by atoms with van der Waals surface area (Å²) in [5.74, 6) is 0. The Bertz CT molecular complexity index is 1640. The van der Waals surface area contributed by atoms with E-state index in [-0.39, 0.29) is 0 Å². The van der Waals surface area contributed by atoms with Gasteiger partial charge in [0.25, 0.3) is 0 Å². The van der Waals surface area contributed by atoms with Crippen molar-refractivity contribution < 1.29 is 9.59 Å². The molecule has 0 aliphatic heterocycles. The van der Waals surface area contributed by atoms with Gasteiger partial charge in [0.05, 0.1) is 0 Å². The molecule has 6 aromatic rings. The second-order valence-electron chi connectivity index (χ2n) is 10.5. The molecule has 1 aromatic heterocycles. The molecule has 0 radical (unpaired) electrons. The van der Waals surface area contributed by atoms with Gasteiger partial charge in [-0.3, -0.25) is 9.59 Å². The van der Waals surface area contributed by atoms with Crippen molar-refractivity contribution in [1.29, 1.82) is 0 Å². The van der Waals surface area contributed by atoms with Crippen molar-refractivity contribution in [3.63, 3.8) is 0 Å². The Kier molecular flexibility index (Phi) is 8.10. The molecule has 192 valence electrons. The van der Waals surface area contributed by atoms with Gasteiger partial charge in [0.15, 0.2) is 12.6 Å². The molecule has 0 bridgehead atoms. The fourth-order valence-electron chi connectivity index (χ4n) is 4.86. The summed E-state index contributed by atoms with van der Waals surface area (Å²) in [5.41, 5.74) is 5.19. The number of aldehydes is 2. The van der Waals surface area contributed by atoms with Crippen molar-refractivity contribution in [2.45, 2.75) is 14.8 Å². The molecule has 0 N–H and O–H groups in total. The number of benzene rings is 5. The van der Waals surface area contributed by atoms with Crippen LogP contribution in [0.3, 0.4) is 0 Å². The summed E-state index contributed by atoms with van der Waals surface area (Å²) in [6, 6.07) is 38.8. The Morgan fingerprint density at radius 2 is 0.897 bits per heavy atom. The molecule has 4 heteroatoms. The molecule has 0 aliphatic rings. The summed E-state index contributed by atoms with van der Waals surface area (Å²) in [4.78, 5) is 31.4. The molecular weight excluding hydrogens is 603 g/mol. The van der Waals surface area contributed by atoms with Crippen LogP contribution >= 0.6 is 11.3 Å². The van der Waals surface area contributed by atoms with E-state index in [0.717, 1.165) is 55.0 Å². The van der Waals surface area contributed by atoms with Crippen LogP contribution < -0.4 is 3.58 Å². The first kappa shape index (κ1) is 27.0. The van der Waals surface area contributed by atoms with Crippen LogP contribution in [-0.2, 0) is 0 Å². The number of hydrogen-bond acceptors (Lipinski definition) is 3. The third kappa shape index (κ3) is 5.61. The minimum absolute atomic E-state index is 0.674. The molecule has 0 spiro atoms. The number of carbonyl (C=O) groups excluding carboxylic acids is 2. The molecule has 1 heterocycles. The van der Waals surface area contributed by atoms with Crippen LogP contribution in [0.2, 0.25) is 14.8 Å². The van der Waals surface area contributed by atoms with Crippen LogP contribution in [0.15, 0.2) is 115 Å². The third-order valence-electron chi connectivity index (χ3n) is 6.93. The molecule has 0 unspecified atom stereocenters. The maximum atomic E-state index is 12.1. The van der Waals surface area contributed by atoms with Gasteiger partial charge in [0.2, 0.25) is 0 Å². The third-order valence-corrected chi connectivity index (χ3v) is 14.1. The number of hydrogen-bond donors (Lipinski definition) is 0. The summed E-state index contributed by atoms with van der Waals surface area (Å²) in [5, 5.41) is 2.02. The van der Waals surface area contributed by atoms with Gasteiger partial charge in [-0.15, -0.1) is 11.3 Å². The molecule has 5 aromatic carbocycles. The summed E-state index contributed by atoms with van der Waals surface area (Å²) in [7, 11) is 0. The predicted octanol–water partition coefficient (Wildman–Crippen LogP) is 9.25. The Morgan fingerprint density at radius 1 is 0.513 bits per heavy atom. The van der Waals surface area contributed by atoms with E-state index in [1.807, 2.05) is 72.8 Å². The molecular formula is C35H30O2SSn. The second-order valence-corrected chi connectivity index (χ2v) is 26.0. The van der Waals surface area contributed by atoms with Crippen LogP contribution in [-0.4, -0.2) is 30.9 Å². The fraction of sp³-hybridized carbons (Fsp3) is 0.0857. The average Bonchev–Trinajstić information content (AvgIpc) is 3.36. The number of carbonyl (C=O) groups is 2. The molecule has 0 saturated heterocycles. The van der Waals surface area contributed by atoms with Gasteiger partial charge in [0.1, 0.15) is 0 Å². The number of rotatable bonds is 5. The standard InChI is InChI=1S/C26H16O2S.C6H5.3CH3.Sn/c27-15-23-19(17-7-3-1-4-8-17)11-13-21-22-14-12-20(18-9-5-2-6-10-18)24(16-28)26(22)29-25(21)23;1-2-4-6-5-3-1;;;;/h1-16H;1-5H;3*1H3;. The van der Waals surface area contributed by atoms with E-state index in [1.54, 1.807) is 3.58 Å². The zero-order chi connectivity index (χ0) is 27.4. The maximum absolute atomic E-state index is 12.1. The van der Waals surface area contributed by atoms with E-state index in [2.05, 4.69) is 57.3 Å². The SMILES string of the molecule is O=Cc1c(-c2ccccc2)ccc2c1sc1c(C=O)c(-c3ccccc3)ccc12.[CH3][Sn]([CH3])([CH3])[c]1ccccc1. The predicted molar refractivity (Wildman–Crippen MR) is 170 cm³/mol. The van der Waals surface area contributed by atoms with Crippen molar-refractivity contribution in [3.05, 3.63) is 126 Å². The quantitative estimate of drug-likeness (QED) is 0.140. The molecule has 0 saturated carbocycles. The first-order chi connectivity index (χ1) is 18.9. The Hall–Kier alpha value is -3.54. The van der Waals surface area contributed by atoms with Crippen LogP contribution in [0.4, 0.5) is 0 Å². The molecule has 0 fully saturated rings. The van der Waals surface area contributed by atoms with Crippen molar-refractivity contribution in [1.82, 2.24) is 0 Å². The molecule has 39 heavy (non-hydrogen) atoms. The zero-order valence-corrected chi connectivity index (χ0v) is 26.0. The minimum atomic E-state index is -1.71. The van der Waals surface area contributed by atoms with E-state index in [4.69, 9.17) is 0 Å². The second kappa shape index (κ2) is 11.7. The van der Waals surface area contributed by atoms with E-state index in [0.29, 0.717) is 11.1 Å². The molecule has 0 aliphatic carbocycles. The van der Waals surface area contributed by atoms with Crippen LogP contribution in [0.5, 0.6) is 0 Å². The Balaban J connectivity index is 0.000000261. The topological polar surface area (TPSA) is 34.1 Å². The summed E-state index contributed by atoms with van der Waals surface area (Å²) >= 11 is -0.193. The van der Waals surface area contributed by atoms with Crippen LogP contribution in [0.25, 0.3) is 42.4 Å². The number of fused-ring (bicyclic) bond motifs is 3. The Labute approximate surface area is 237 Å². The first-order valence-electron chi connectivity index (χ1n) is 13.0. The summed E-state index contributed by atoms with van der Waals surface area (Å²) in [6.07, 6.45) is 1.86. The molecule has 0 amide bonds. The van der Waals surface area contributed by atoms with Crippen molar-refractivity contribution >= 4 is 66.0 Å². The fourth-order valence-corrected chi connectivity index (χ4v) is 9.58. The van der Waals surface area contributed by atoms with Gasteiger partial charge < -0.3 is 0 Å². The van der Waals surface area contributed by atoms with E-state index in [1.165, 1.54) is 11.3 Å². The van der Waals surface area contributed by atoms with Gasteiger partial charge in [-0.05, 0) is 22.3 Å². The van der Waals surface area contributed by atoms with Gasteiger partial charge >= 0.3 is 67.1 Å². The van der Waals surface area contributed by atoms with Gasteiger partial charge in [-0.2, -0.15) is 0 Å².